The maximum atomic E-state index is 12.8. The minimum Gasteiger partial charge on any atom is -0.497 e. The summed E-state index contributed by atoms with van der Waals surface area (Å²) in [6.07, 6.45) is 0. The highest BCUT2D eigenvalue weighted by Gasteiger charge is 2.40. The van der Waals surface area contributed by atoms with Crippen LogP contribution in [0.1, 0.15) is 11.1 Å². The second-order valence-electron chi connectivity index (χ2n) is 7.44. The molecule has 2 saturated heterocycles. The molecule has 28 heavy (non-hydrogen) atoms. The molecule has 0 unspecified atom stereocenters. The third kappa shape index (κ3) is 3.92. The van der Waals surface area contributed by atoms with E-state index in [1.807, 2.05) is 46.2 Å². The Labute approximate surface area is 166 Å². The van der Waals surface area contributed by atoms with Crippen molar-refractivity contribution in [1.82, 2.24) is 14.7 Å². The monoisotopic (exact) mass is 381 g/mol. The predicted molar refractivity (Wildman–Crippen MR) is 108 cm³/mol. The molecule has 1 atom stereocenters. The summed E-state index contributed by atoms with van der Waals surface area (Å²) in [7, 11) is 3.34. The molecule has 4 rings (SSSR count). The summed E-state index contributed by atoms with van der Waals surface area (Å²) in [5, 5.41) is 0. The van der Waals surface area contributed by atoms with Crippen LogP contribution in [0.3, 0.4) is 0 Å². The van der Waals surface area contributed by atoms with Crippen molar-refractivity contribution in [3.05, 3.63) is 59.7 Å². The zero-order valence-corrected chi connectivity index (χ0v) is 16.5. The Kier molecular flexibility index (Phi) is 5.39. The number of fused-ring (bicyclic) bond motifs is 1. The number of nitrogens with zero attached hydrogens (tertiary/aromatic N) is 3. The van der Waals surface area contributed by atoms with Crippen molar-refractivity contribution in [2.75, 3.05) is 40.4 Å². The first-order chi connectivity index (χ1) is 13.7. The van der Waals surface area contributed by atoms with Gasteiger partial charge in [-0.05, 0) is 35.4 Å². The van der Waals surface area contributed by atoms with Gasteiger partial charge < -0.3 is 19.3 Å². The van der Waals surface area contributed by atoms with Crippen molar-refractivity contribution in [2.45, 2.75) is 19.1 Å². The van der Waals surface area contributed by atoms with Crippen LogP contribution in [0.4, 0.5) is 4.79 Å². The minimum atomic E-state index is 0.157. The van der Waals surface area contributed by atoms with E-state index >= 15 is 0 Å². The molecule has 0 aromatic heterocycles. The molecule has 2 amide bonds. The van der Waals surface area contributed by atoms with Crippen LogP contribution < -0.4 is 9.47 Å². The molecule has 2 aliphatic rings. The van der Waals surface area contributed by atoms with E-state index in [1.165, 1.54) is 5.56 Å². The first kappa shape index (κ1) is 18.6. The lowest BCUT2D eigenvalue weighted by molar-refractivity contribution is 0.116. The number of carbonyl (C=O) groups excluding carboxylic acids is 1. The average Bonchev–Trinajstić information content (AvgIpc) is 3.04. The van der Waals surface area contributed by atoms with Gasteiger partial charge in [0.15, 0.2) is 0 Å². The van der Waals surface area contributed by atoms with E-state index in [0.717, 1.165) is 49.8 Å². The van der Waals surface area contributed by atoms with Crippen molar-refractivity contribution in [1.29, 1.82) is 0 Å². The van der Waals surface area contributed by atoms with Gasteiger partial charge in [0.2, 0.25) is 0 Å². The molecule has 0 bridgehead atoms. The van der Waals surface area contributed by atoms with Gasteiger partial charge >= 0.3 is 6.03 Å². The van der Waals surface area contributed by atoms with E-state index in [1.54, 1.807) is 14.2 Å². The summed E-state index contributed by atoms with van der Waals surface area (Å²) in [4.78, 5) is 19.2. The molecule has 148 valence electrons. The topological polar surface area (TPSA) is 45.2 Å². The Morgan fingerprint density at radius 2 is 1.39 bits per heavy atom. The third-order valence-electron chi connectivity index (χ3n) is 5.61. The van der Waals surface area contributed by atoms with Crippen LogP contribution in [0.25, 0.3) is 0 Å². The smallest absolute Gasteiger partial charge is 0.320 e. The highest BCUT2D eigenvalue weighted by molar-refractivity contribution is 5.77. The fraction of sp³-hybridized carbons (Fsp3) is 0.409. The van der Waals surface area contributed by atoms with E-state index in [0.29, 0.717) is 6.54 Å². The molecular formula is C22H27N3O3. The van der Waals surface area contributed by atoms with E-state index in [9.17, 15) is 4.79 Å². The van der Waals surface area contributed by atoms with Gasteiger partial charge in [-0.15, -0.1) is 0 Å². The van der Waals surface area contributed by atoms with Crippen molar-refractivity contribution >= 4 is 6.03 Å². The van der Waals surface area contributed by atoms with Crippen LogP contribution in [0.2, 0.25) is 0 Å². The summed E-state index contributed by atoms with van der Waals surface area (Å²) in [6, 6.07) is 16.6. The van der Waals surface area contributed by atoms with Gasteiger partial charge in [0.1, 0.15) is 11.5 Å². The Hall–Kier alpha value is -2.73. The SMILES string of the molecule is COc1ccc(CN2CCN3C(=O)N(Cc4ccc(OC)cc4)C[C@H]3C2)cc1. The summed E-state index contributed by atoms with van der Waals surface area (Å²) < 4.78 is 10.4. The van der Waals surface area contributed by atoms with Gasteiger partial charge in [-0.1, -0.05) is 24.3 Å². The second-order valence-corrected chi connectivity index (χ2v) is 7.44. The highest BCUT2D eigenvalue weighted by atomic mass is 16.5. The van der Waals surface area contributed by atoms with Crippen LogP contribution >= 0.6 is 0 Å². The molecule has 2 fully saturated rings. The summed E-state index contributed by atoms with van der Waals surface area (Å²) in [6.45, 7) is 4.94. The number of hydrogen-bond acceptors (Lipinski definition) is 4. The standard InChI is InChI=1S/C22H27N3O3/c1-27-20-7-3-17(4-8-20)13-23-11-12-25-19(15-23)16-24(22(25)26)14-18-5-9-21(28-2)10-6-18/h3-10,19H,11-16H2,1-2H3/t19-/m1/s1. The number of hydrogen-bond donors (Lipinski definition) is 0. The van der Waals surface area contributed by atoms with Gasteiger partial charge in [0, 0.05) is 39.3 Å². The summed E-state index contributed by atoms with van der Waals surface area (Å²) in [5.41, 5.74) is 2.40. The van der Waals surface area contributed by atoms with Crippen molar-refractivity contribution in [3.63, 3.8) is 0 Å². The number of rotatable bonds is 6. The number of benzene rings is 2. The van der Waals surface area contributed by atoms with E-state index < -0.39 is 0 Å². The van der Waals surface area contributed by atoms with Crippen LogP contribution in [0.15, 0.2) is 48.5 Å². The summed E-state index contributed by atoms with van der Waals surface area (Å²) in [5.74, 6) is 1.72. The van der Waals surface area contributed by atoms with Crippen LogP contribution in [-0.2, 0) is 13.1 Å². The van der Waals surface area contributed by atoms with Gasteiger partial charge in [-0.25, -0.2) is 4.79 Å². The lowest BCUT2D eigenvalue weighted by Gasteiger charge is -2.36. The van der Waals surface area contributed by atoms with Crippen LogP contribution in [-0.4, -0.2) is 67.2 Å². The lowest BCUT2D eigenvalue weighted by atomic mass is 10.1. The average molecular weight is 381 g/mol. The fourth-order valence-electron chi connectivity index (χ4n) is 4.06. The molecule has 0 spiro atoms. The first-order valence-electron chi connectivity index (χ1n) is 9.70. The first-order valence-corrected chi connectivity index (χ1v) is 9.70. The van der Waals surface area contributed by atoms with E-state index in [2.05, 4.69) is 17.0 Å². The molecule has 2 aromatic carbocycles. The van der Waals surface area contributed by atoms with Crippen LogP contribution in [0, 0.1) is 0 Å². The fourth-order valence-corrected chi connectivity index (χ4v) is 4.06. The normalized spacial score (nSPS) is 19.6. The maximum Gasteiger partial charge on any atom is 0.320 e. The molecule has 0 N–H and O–H groups in total. The Balaban J connectivity index is 1.35. The number of carbonyl (C=O) groups is 1. The number of piperazine rings is 1. The Bertz CT molecular complexity index is 807. The summed E-state index contributed by atoms with van der Waals surface area (Å²) >= 11 is 0. The number of amides is 2. The molecule has 2 aliphatic heterocycles. The second kappa shape index (κ2) is 8.10. The molecular weight excluding hydrogens is 354 g/mol. The molecule has 2 aromatic rings. The number of ether oxygens (including phenoxy) is 2. The van der Waals surface area contributed by atoms with E-state index in [4.69, 9.17) is 9.47 Å². The molecule has 0 aliphatic carbocycles. The van der Waals surface area contributed by atoms with Gasteiger partial charge in [0.25, 0.3) is 0 Å². The van der Waals surface area contributed by atoms with Crippen LogP contribution in [0.5, 0.6) is 11.5 Å². The number of urea groups is 1. The van der Waals surface area contributed by atoms with Gasteiger partial charge in [-0.2, -0.15) is 0 Å². The van der Waals surface area contributed by atoms with Gasteiger partial charge in [0.05, 0.1) is 20.3 Å². The third-order valence-corrected chi connectivity index (χ3v) is 5.61. The number of methoxy groups -OCH3 is 2. The molecule has 6 nitrogen and oxygen atoms in total. The molecule has 6 heteroatoms. The molecule has 0 radical (unpaired) electrons. The van der Waals surface area contributed by atoms with Crippen molar-refractivity contribution in [3.8, 4) is 11.5 Å². The van der Waals surface area contributed by atoms with E-state index in [-0.39, 0.29) is 12.1 Å². The van der Waals surface area contributed by atoms with Crippen molar-refractivity contribution in [2.24, 2.45) is 0 Å². The molecule has 0 saturated carbocycles. The highest BCUT2D eigenvalue weighted by Crippen LogP contribution is 2.24. The predicted octanol–water partition coefficient (Wildman–Crippen LogP) is 2.83. The zero-order valence-electron chi connectivity index (χ0n) is 16.5. The lowest BCUT2D eigenvalue weighted by Crippen LogP contribution is -2.51. The largest absolute Gasteiger partial charge is 0.497 e. The van der Waals surface area contributed by atoms with Gasteiger partial charge in [-0.3, -0.25) is 4.90 Å². The molecule has 2 heterocycles. The Morgan fingerprint density at radius 3 is 1.96 bits per heavy atom. The Morgan fingerprint density at radius 1 is 0.821 bits per heavy atom. The quantitative estimate of drug-likeness (QED) is 0.772. The zero-order chi connectivity index (χ0) is 19.5. The minimum absolute atomic E-state index is 0.157. The maximum absolute atomic E-state index is 12.8. The van der Waals surface area contributed by atoms with Crippen molar-refractivity contribution < 1.29 is 14.3 Å².